The van der Waals surface area contributed by atoms with Crippen LogP contribution in [0, 0.1) is 0 Å². The van der Waals surface area contributed by atoms with Gasteiger partial charge in [-0.3, -0.25) is 9.69 Å². The van der Waals surface area contributed by atoms with Crippen LogP contribution in [0.4, 0.5) is 10.5 Å². The number of para-hydroxylation sites is 1. The molecule has 0 bridgehead atoms. The van der Waals surface area contributed by atoms with Crippen LogP contribution in [-0.4, -0.2) is 25.5 Å². The van der Waals surface area contributed by atoms with Crippen molar-refractivity contribution in [3.8, 4) is 0 Å². The highest BCUT2D eigenvalue weighted by Crippen LogP contribution is 2.27. The van der Waals surface area contributed by atoms with Crippen LogP contribution in [0.25, 0.3) is 0 Å². The van der Waals surface area contributed by atoms with E-state index in [9.17, 15) is 9.59 Å². The molecular formula is C18H19N3O2. The molecular weight excluding hydrogens is 290 g/mol. The van der Waals surface area contributed by atoms with Gasteiger partial charge in [0.1, 0.15) is 0 Å². The predicted molar refractivity (Wildman–Crippen MR) is 89.6 cm³/mol. The highest BCUT2D eigenvalue weighted by molar-refractivity contribution is 5.94. The molecule has 0 atom stereocenters. The summed E-state index contributed by atoms with van der Waals surface area (Å²) in [6, 6.07) is 15.1. The Morgan fingerprint density at radius 2 is 1.83 bits per heavy atom. The minimum Gasteiger partial charge on any atom is -0.355 e. The van der Waals surface area contributed by atoms with E-state index in [1.54, 1.807) is 24.1 Å². The zero-order valence-electron chi connectivity index (χ0n) is 13.0. The highest BCUT2D eigenvalue weighted by atomic mass is 16.2. The van der Waals surface area contributed by atoms with Gasteiger partial charge in [-0.25, -0.2) is 4.79 Å². The average molecular weight is 309 g/mol. The number of amides is 3. The number of carbonyl (C=O) groups excluding carboxylic acids is 2. The van der Waals surface area contributed by atoms with E-state index in [2.05, 4.69) is 16.7 Å². The summed E-state index contributed by atoms with van der Waals surface area (Å²) in [5.74, 6) is -0.116. The molecule has 0 unspecified atom stereocenters. The van der Waals surface area contributed by atoms with Crippen molar-refractivity contribution in [3.63, 3.8) is 0 Å². The van der Waals surface area contributed by atoms with Gasteiger partial charge in [0.05, 0.1) is 0 Å². The largest absolute Gasteiger partial charge is 0.355 e. The number of carbonyl (C=O) groups is 2. The van der Waals surface area contributed by atoms with Crippen LogP contribution in [0.1, 0.15) is 21.5 Å². The van der Waals surface area contributed by atoms with Gasteiger partial charge in [0.15, 0.2) is 0 Å². The Morgan fingerprint density at radius 1 is 1.09 bits per heavy atom. The minimum atomic E-state index is -0.116. The lowest BCUT2D eigenvalue weighted by molar-refractivity contribution is 0.0963. The molecule has 0 fully saturated rings. The topological polar surface area (TPSA) is 61.4 Å². The SMILES string of the molecule is CNC(=O)c1ccc(CNC(=O)N2CCc3ccccc32)cc1. The van der Waals surface area contributed by atoms with Crippen LogP contribution in [0.5, 0.6) is 0 Å². The maximum Gasteiger partial charge on any atom is 0.322 e. The molecule has 0 aliphatic carbocycles. The summed E-state index contributed by atoms with van der Waals surface area (Å²) >= 11 is 0. The maximum atomic E-state index is 12.4. The van der Waals surface area contributed by atoms with Crippen molar-refractivity contribution in [2.45, 2.75) is 13.0 Å². The fourth-order valence-corrected chi connectivity index (χ4v) is 2.74. The van der Waals surface area contributed by atoms with Crippen molar-refractivity contribution in [1.82, 2.24) is 10.6 Å². The molecule has 3 rings (SSSR count). The van der Waals surface area contributed by atoms with Gasteiger partial charge in [0, 0.05) is 31.4 Å². The quantitative estimate of drug-likeness (QED) is 0.914. The molecule has 2 N–H and O–H groups in total. The van der Waals surface area contributed by atoms with Gasteiger partial charge in [-0.05, 0) is 35.7 Å². The van der Waals surface area contributed by atoms with Crippen LogP contribution in [0.2, 0.25) is 0 Å². The number of hydrogen-bond donors (Lipinski definition) is 2. The Kier molecular flexibility index (Phi) is 4.28. The molecule has 0 saturated carbocycles. The monoisotopic (exact) mass is 309 g/mol. The van der Waals surface area contributed by atoms with E-state index in [1.165, 1.54) is 5.56 Å². The number of hydrogen-bond acceptors (Lipinski definition) is 2. The van der Waals surface area contributed by atoms with Crippen LogP contribution < -0.4 is 15.5 Å². The van der Waals surface area contributed by atoms with Gasteiger partial charge in [-0.15, -0.1) is 0 Å². The van der Waals surface area contributed by atoms with Gasteiger partial charge >= 0.3 is 6.03 Å². The lowest BCUT2D eigenvalue weighted by Crippen LogP contribution is -2.38. The number of nitrogens with one attached hydrogen (secondary N) is 2. The molecule has 2 aromatic carbocycles. The summed E-state index contributed by atoms with van der Waals surface area (Å²) < 4.78 is 0. The molecule has 5 heteroatoms. The molecule has 23 heavy (non-hydrogen) atoms. The number of anilines is 1. The molecule has 0 radical (unpaired) electrons. The van der Waals surface area contributed by atoms with Gasteiger partial charge in [-0.1, -0.05) is 30.3 Å². The lowest BCUT2D eigenvalue weighted by Gasteiger charge is -2.18. The number of fused-ring (bicyclic) bond motifs is 1. The summed E-state index contributed by atoms with van der Waals surface area (Å²) in [6.07, 6.45) is 0.893. The van der Waals surface area contributed by atoms with E-state index in [0.29, 0.717) is 18.7 Å². The molecule has 1 heterocycles. The third-order valence-corrected chi connectivity index (χ3v) is 4.02. The van der Waals surface area contributed by atoms with Gasteiger partial charge in [-0.2, -0.15) is 0 Å². The van der Waals surface area contributed by atoms with Crippen molar-refractivity contribution >= 4 is 17.6 Å². The number of urea groups is 1. The summed E-state index contributed by atoms with van der Waals surface area (Å²) in [5.41, 5.74) is 3.76. The zero-order chi connectivity index (χ0) is 16.2. The van der Waals surface area contributed by atoms with Crippen LogP contribution in [0.15, 0.2) is 48.5 Å². The molecule has 118 valence electrons. The van der Waals surface area contributed by atoms with E-state index >= 15 is 0 Å². The van der Waals surface area contributed by atoms with Crippen LogP contribution >= 0.6 is 0 Å². The molecule has 1 aliphatic rings. The van der Waals surface area contributed by atoms with Crippen LogP contribution in [-0.2, 0) is 13.0 Å². The molecule has 5 nitrogen and oxygen atoms in total. The second kappa shape index (κ2) is 6.52. The second-order valence-corrected chi connectivity index (χ2v) is 5.47. The van der Waals surface area contributed by atoms with E-state index in [1.807, 2.05) is 30.3 Å². The molecule has 3 amide bonds. The lowest BCUT2D eigenvalue weighted by atomic mass is 10.1. The van der Waals surface area contributed by atoms with Crippen molar-refractivity contribution in [2.75, 3.05) is 18.5 Å². The second-order valence-electron chi connectivity index (χ2n) is 5.47. The van der Waals surface area contributed by atoms with Gasteiger partial charge in [0.2, 0.25) is 0 Å². The third-order valence-electron chi connectivity index (χ3n) is 4.02. The average Bonchev–Trinajstić information content (AvgIpc) is 3.03. The maximum absolute atomic E-state index is 12.4. The molecule has 0 spiro atoms. The van der Waals surface area contributed by atoms with Crippen molar-refractivity contribution < 1.29 is 9.59 Å². The Balaban J connectivity index is 1.61. The summed E-state index contributed by atoms with van der Waals surface area (Å²) in [5, 5.41) is 5.51. The van der Waals surface area contributed by atoms with E-state index in [4.69, 9.17) is 0 Å². The molecule has 0 saturated heterocycles. The summed E-state index contributed by atoms with van der Waals surface area (Å²) in [6.45, 7) is 1.15. The Hall–Kier alpha value is -2.82. The first-order chi connectivity index (χ1) is 11.2. The summed E-state index contributed by atoms with van der Waals surface area (Å²) in [7, 11) is 1.60. The van der Waals surface area contributed by atoms with Gasteiger partial charge < -0.3 is 10.6 Å². The van der Waals surface area contributed by atoms with Crippen LogP contribution in [0.3, 0.4) is 0 Å². The van der Waals surface area contributed by atoms with Crippen molar-refractivity contribution in [3.05, 3.63) is 65.2 Å². The van der Waals surface area contributed by atoms with Crippen molar-refractivity contribution in [1.29, 1.82) is 0 Å². The molecule has 0 aromatic heterocycles. The standard InChI is InChI=1S/C18H19N3O2/c1-19-17(22)15-8-6-13(7-9-15)12-20-18(23)21-11-10-14-4-2-3-5-16(14)21/h2-9H,10-12H2,1H3,(H,19,22)(H,20,23). The fraction of sp³-hybridized carbons (Fsp3) is 0.222. The minimum absolute atomic E-state index is 0.0923. The first kappa shape index (κ1) is 15.1. The number of nitrogens with zero attached hydrogens (tertiary/aromatic N) is 1. The Morgan fingerprint density at radius 3 is 2.57 bits per heavy atom. The van der Waals surface area contributed by atoms with Crippen molar-refractivity contribution in [2.24, 2.45) is 0 Å². The van der Waals surface area contributed by atoms with Gasteiger partial charge in [0.25, 0.3) is 5.91 Å². The van der Waals surface area contributed by atoms with E-state index < -0.39 is 0 Å². The summed E-state index contributed by atoms with van der Waals surface area (Å²) in [4.78, 5) is 25.6. The highest BCUT2D eigenvalue weighted by Gasteiger charge is 2.23. The smallest absolute Gasteiger partial charge is 0.322 e. The fourth-order valence-electron chi connectivity index (χ4n) is 2.74. The normalized spacial score (nSPS) is 12.7. The molecule has 2 aromatic rings. The predicted octanol–water partition coefficient (Wildman–Crippen LogP) is 2.32. The van der Waals surface area contributed by atoms with E-state index in [-0.39, 0.29) is 11.9 Å². The zero-order valence-corrected chi connectivity index (χ0v) is 13.0. The molecule has 1 aliphatic heterocycles. The number of benzene rings is 2. The third kappa shape index (κ3) is 3.18. The first-order valence-electron chi connectivity index (χ1n) is 7.63. The first-order valence-corrected chi connectivity index (χ1v) is 7.63. The number of rotatable bonds is 3. The Labute approximate surface area is 135 Å². The Bertz CT molecular complexity index is 725. The van der Waals surface area contributed by atoms with E-state index in [0.717, 1.165) is 17.7 Å².